The van der Waals surface area contributed by atoms with Crippen LogP contribution < -0.4 is 0 Å². The summed E-state index contributed by atoms with van der Waals surface area (Å²) in [6.45, 7) is 1.41. The molecule has 162 valence electrons. The first-order chi connectivity index (χ1) is 15.3. The van der Waals surface area contributed by atoms with Crippen LogP contribution in [0.25, 0.3) is 4.91 Å². The molecule has 0 saturated carbocycles. The Kier molecular flexibility index (Phi) is 5.69. The van der Waals surface area contributed by atoms with Crippen molar-refractivity contribution in [1.29, 1.82) is 5.26 Å². The molecule has 3 atom stereocenters. The summed E-state index contributed by atoms with van der Waals surface area (Å²) >= 11 is 1.30. The van der Waals surface area contributed by atoms with Crippen LogP contribution in [0.1, 0.15) is 23.6 Å². The van der Waals surface area contributed by atoms with E-state index in [9.17, 15) is 24.8 Å². The van der Waals surface area contributed by atoms with Gasteiger partial charge in [0.2, 0.25) is 5.91 Å². The molecule has 1 fully saturated rings. The third-order valence-corrected chi connectivity index (χ3v) is 6.70. The van der Waals surface area contributed by atoms with Gasteiger partial charge in [-0.05, 0) is 42.3 Å². The fourth-order valence-corrected chi connectivity index (χ4v) is 5.22. The largest absolute Gasteiger partial charge is 0.456 e. The van der Waals surface area contributed by atoms with Crippen LogP contribution in [0.4, 0.5) is 5.69 Å². The second kappa shape index (κ2) is 8.45. The molecule has 4 rings (SSSR count). The highest BCUT2D eigenvalue weighted by Gasteiger charge is 2.58. The van der Waals surface area contributed by atoms with Crippen LogP contribution in [0.3, 0.4) is 0 Å². The fourth-order valence-electron chi connectivity index (χ4n) is 3.60. The molecule has 9 nitrogen and oxygen atoms in total. The van der Waals surface area contributed by atoms with Crippen LogP contribution >= 0.6 is 11.8 Å². The van der Waals surface area contributed by atoms with Gasteiger partial charge in [-0.25, -0.2) is 4.79 Å². The minimum absolute atomic E-state index is 0.0729. The van der Waals surface area contributed by atoms with Gasteiger partial charge in [0.1, 0.15) is 17.7 Å². The van der Waals surface area contributed by atoms with E-state index in [1.165, 1.54) is 47.9 Å². The Labute approximate surface area is 187 Å². The molecular formula is C22H17N3O6S. The summed E-state index contributed by atoms with van der Waals surface area (Å²) in [6, 6.07) is 14.3. The molecule has 1 amide bonds. The molecule has 0 spiro atoms. The van der Waals surface area contributed by atoms with E-state index in [0.29, 0.717) is 21.6 Å². The van der Waals surface area contributed by atoms with Crippen LogP contribution in [0, 0.1) is 27.4 Å². The number of esters is 1. The fraction of sp³-hybridized carbons (Fsp3) is 0.227. The van der Waals surface area contributed by atoms with Crippen LogP contribution in [0.2, 0.25) is 0 Å². The Morgan fingerprint density at radius 2 is 1.94 bits per heavy atom. The van der Waals surface area contributed by atoms with E-state index < -0.39 is 28.3 Å². The second-order valence-electron chi connectivity index (χ2n) is 7.35. The SMILES string of the molecule is C[C@@H](O)[C@H]1C(=O)N2C(C(=O)OCc3ccc([N+](=O)[O-])cc3)=C(c3ccc(C#N)cc3)S[C@H]12. The lowest BCUT2D eigenvalue weighted by atomic mass is 9.92. The molecule has 1 N–H and O–H groups in total. The number of non-ortho nitro benzene ring substituents is 1. The summed E-state index contributed by atoms with van der Waals surface area (Å²) < 4.78 is 5.42. The lowest BCUT2D eigenvalue weighted by Gasteiger charge is -2.43. The number of carbonyl (C=O) groups excluding carboxylic acids is 2. The predicted molar refractivity (Wildman–Crippen MR) is 114 cm³/mol. The number of fused-ring (bicyclic) bond motifs is 1. The molecule has 2 aromatic rings. The summed E-state index contributed by atoms with van der Waals surface area (Å²) in [5.41, 5.74) is 1.69. The number of aliphatic hydroxyl groups is 1. The molecule has 0 aliphatic carbocycles. The number of nitro benzene ring substituents is 1. The molecule has 2 aliphatic heterocycles. The van der Waals surface area contributed by atoms with E-state index in [4.69, 9.17) is 10.00 Å². The molecule has 2 aliphatic rings. The van der Waals surface area contributed by atoms with Gasteiger partial charge in [-0.3, -0.25) is 19.8 Å². The highest BCUT2D eigenvalue weighted by atomic mass is 32.2. The number of β-lactam (4-membered cyclic amide) rings is 1. The van der Waals surface area contributed by atoms with E-state index in [-0.39, 0.29) is 23.9 Å². The molecule has 0 bridgehead atoms. The molecule has 2 aromatic carbocycles. The number of benzene rings is 2. The number of nitrogens with zero attached hydrogens (tertiary/aromatic N) is 3. The average molecular weight is 451 g/mol. The maximum absolute atomic E-state index is 13.0. The van der Waals surface area contributed by atoms with Gasteiger partial charge in [0, 0.05) is 17.0 Å². The van der Waals surface area contributed by atoms with Gasteiger partial charge in [-0.1, -0.05) is 23.9 Å². The number of carbonyl (C=O) groups is 2. The topological polar surface area (TPSA) is 134 Å². The van der Waals surface area contributed by atoms with Gasteiger partial charge in [-0.15, -0.1) is 0 Å². The van der Waals surface area contributed by atoms with Crippen molar-refractivity contribution in [3.05, 3.63) is 81.0 Å². The third kappa shape index (κ3) is 3.72. The molecule has 2 heterocycles. The molecular weight excluding hydrogens is 434 g/mol. The highest BCUT2D eigenvalue weighted by Crippen LogP contribution is 2.54. The minimum atomic E-state index is -0.867. The normalized spacial score (nSPS) is 20.3. The standard InChI is InChI=1S/C22H17N3O6S/c1-12(26)17-20(27)24-18(19(32-21(17)24)15-6-2-13(10-23)3-7-15)22(28)31-11-14-4-8-16(9-5-14)25(29)30/h2-9,12,17,21,26H,11H2,1H3/t12-,17+,21-/m1/s1. The number of aliphatic hydroxyl groups excluding tert-OH is 1. The zero-order valence-electron chi connectivity index (χ0n) is 16.8. The van der Waals surface area contributed by atoms with Gasteiger partial charge in [0.05, 0.1) is 28.6 Å². The first-order valence-corrected chi connectivity index (χ1v) is 10.5. The quantitative estimate of drug-likeness (QED) is 0.307. The van der Waals surface area contributed by atoms with E-state index in [1.807, 2.05) is 6.07 Å². The number of hydrogen-bond acceptors (Lipinski definition) is 8. The van der Waals surface area contributed by atoms with Crippen molar-refractivity contribution in [3.63, 3.8) is 0 Å². The van der Waals surface area contributed by atoms with Crippen LogP contribution in [-0.4, -0.2) is 38.3 Å². The van der Waals surface area contributed by atoms with Gasteiger partial charge in [0.15, 0.2) is 0 Å². The molecule has 0 radical (unpaired) electrons. The molecule has 1 saturated heterocycles. The van der Waals surface area contributed by atoms with Gasteiger partial charge in [0.25, 0.3) is 5.69 Å². The summed E-state index contributed by atoms with van der Waals surface area (Å²) in [4.78, 5) is 37.8. The smallest absolute Gasteiger partial charge is 0.356 e. The molecule has 0 unspecified atom stereocenters. The Hall–Kier alpha value is -3.68. The Morgan fingerprint density at radius 3 is 2.50 bits per heavy atom. The van der Waals surface area contributed by atoms with Crippen molar-refractivity contribution in [3.8, 4) is 6.07 Å². The first kappa shape index (κ1) is 21.5. The van der Waals surface area contributed by atoms with Crippen molar-refractivity contribution in [1.82, 2.24) is 4.90 Å². The number of nitriles is 1. The number of ether oxygens (including phenoxy) is 1. The first-order valence-electron chi connectivity index (χ1n) is 9.65. The van der Waals surface area contributed by atoms with Crippen LogP contribution in [0.5, 0.6) is 0 Å². The van der Waals surface area contributed by atoms with Crippen molar-refractivity contribution < 1.29 is 24.4 Å². The zero-order valence-corrected chi connectivity index (χ0v) is 17.6. The molecule has 32 heavy (non-hydrogen) atoms. The number of hydrogen-bond donors (Lipinski definition) is 1. The maximum atomic E-state index is 13.0. The Balaban J connectivity index is 1.60. The van der Waals surface area contributed by atoms with E-state index in [0.717, 1.165) is 0 Å². The van der Waals surface area contributed by atoms with Crippen LogP contribution in [-0.2, 0) is 20.9 Å². The van der Waals surface area contributed by atoms with E-state index >= 15 is 0 Å². The van der Waals surface area contributed by atoms with E-state index in [2.05, 4.69) is 0 Å². The zero-order chi connectivity index (χ0) is 23.0. The van der Waals surface area contributed by atoms with E-state index in [1.54, 1.807) is 24.3 Å². The van der Waals surface area contributed by atoms with Gasteiger partial charge in [-0.2, -0.15) is 5.26 Å². The second-order valence-corrected chi connectivity index (χ2v) is 8.48. The Bertz CT molecular complexity index is 1170. The summed E-state index contributed by atoms with van der Waals surface area (Å²) in [6.07, 6.45) is -0.867. The lowest BCUT2D eigenvalue weighted by Crippen LogP contribution is -2.60. The minimum Gasteiger partial charge on any atom is -0.456 e. The summed E-state index contributed by atoms with van der Waals surface area (Å²) in [5.74, 6) is -1.70. The third-order valence-electron chi connectivity index (χ3n) is 5.29. The highest BCUT2D eigenvalue weighted by molar-refractivity contribution is 8.09. The molecule has 0 aromatic heterocycles. The number of nitro groups is 1. The van der Waals surface area contributed by atoms with Gasteiger partial charge < -0.3 is 9.84 Å². The van der Waals surface area contributed by atoms with Crippen molar-refractivity contribution in [2.24, 2.45) is 5.92 Å². The average Bonchev–Trinajstić information content (AvgIpc) is 3.12. The predicted octanol–water partition coefficient (Wildman–Crippen LogP) is 2.79. The lowest BCUT2D eigenvalue weighted by molar-refractivity contribution is -0.384. The number of thioether (sulfide) groups is 1. The summed E-state index contributed by atoms with van der Waals surface area (Å²) in [5, 5.41) is 29.4. The van der Waals surface area contributed by atoms with Crippen molar-refractivity contribution >= 4 is 34.2 Å². The number of rotatable bonds is 6. The van der Waals surface area contributed by atoms with Crippen molar-refractivity contribution in [2.45, 2.75) is 25.0 Å². The summed E-state index contributed by atoms with van der Waals surface area (Å²) in [7, 11) is 0. The van der Waals surface area contributed by atoms with Crippen molar-refractivity contribution in [2.75, 3.05) is 0 Å². The Morgan fingerprint density at radius 1 is 1.28 bits per heavy atom. The maximum Gasteiger partial charge on any atom is 0.356 e. The van der Waals surface area contributed by atoms with Gasteiger partial charge >= 0.3 is 5.97 Å². The molecule has 10 heteroatoms. The monoisotopic (exact) mass is 451 g/mol. The van der Waals surface area contributed by atoms with Crippen LogP contribution in [0.15, 0.2) is 54.2 Å². The number of amides is 1.